The van der Waals surface area contributed by atoms with Gasteiger partial charge in [-0.15, -0.1) is 0 Å². The van der Waals surface area contributed by atoms with Gasteiger partial charge >= 0.3 is 0 Å². The van der Waals surface area contributed by atoms with Gasteiger partial charge in [0, 0.05) is 5.41 Å². The third-order valence-electron chi connectivity index (χ3n) is 10.8. The summed E-state index contributed by atoms with van der Waals surface area (Å²) in [5.41, 5.74) is 13.1. The van der Waals surface area contributed by atoms with Crippen molar-refractivity contribution in [3.8, 4) is 44.5 Å². The van der Waals surface area contributed by atoms with Crippen LogP contribution < -0.4 is 0 Å². The summed E-state index contributed by atoms with van der Waals surface area (Å²) in [6.07, 6.45) is 0. The largest absolute Gasteiger partial charge is 0.0616 e. The van der Waals surface area contributed by atoms with Crippen LogP contribution in [0, 0.1) is 0 Å². The summed E-state index contributed by atoms with van der Waals surface area (Å²) in [5, 5.41) is 10.5. The summed E-state index contributed by atoms with van der Waals surface area (Å²) in [5.74, 6) is 0. The van der Waals surface area contributed by atoms with Crippen molar-refractivity contribution in [3.05, 3.63) is 169 Å². The minimum atomic E-state index is -0.0840. The van der Waals surface area contributed by atoms with Crippen LogP contribution in [0.2, 0.25) is 0 Å². The van der Waals surface area contributed by atoms with Crippen LogP contribution in [0.1, 0.15) is 25.0 Å². The Balaban J connectivity index is 1.17. The first-order valence-electron chi connectivity index (χ1n) is 16.6. The molecule has 0 aromatic heterocycles. The SMILES string of the molecule is CC1(C)c2cc(-c3ccccc3-c3ccccc3-c3ccc4ccc5cccc6ccc3c4c56)ccc2-c2c1ccc1ccccc21. The molecule has 0 amide bonds. The second kappa shape index (κ2) is 9.64. The van der Waals surface area contributed by atoms with Gasteiger partial charge in [-0.2, -0.15) is 0 Å². The van der Waals surface area contributed by atoms with E-state index >= 15 is 0 Å². The lowest BCUT2D eigenvalue weighted by Crippen LogP contribution is -2.15. The topological polar surface area (TPSA) is 0 Å². The predicted molar refractivity (Wildman–Crippen MR) is 202 cm³/mol. The highest BCUT2D eigenvalue weighted by Crippen LogP contribution is 2.53. The lowest BCUT2D eigenvalue weighted by atomic mass is 9.80. The Morgan fingerprint density at radius 3 is 1.68 bits per heavy atom. The molecular weight excluding hydrogens is 565 g/mol. The second-order valence-electron chi connectivity index (χ2n) is 13.7. The van der Waals surface area contributed by atoms with E-state index in [2.05, 4.69) is 172 Å². The molecule has 0 saturated carbocycles. The third kappa shape index (κ3) is 3.70. The fraction of sp³-hybridized carbons (Fsp3) is 0.0638. The summed E-state index contributed by atoms with van der Waals surface area (Å²) in [4.78, 5) is 0. The van der Waals surface area contributed by atoms with Crippen molar-refractivity contribution in [3.63, 3.8) is 0 Å². The maximum atomic E-state index is 2.46. The standard InChI is InChI=1S/C47H32/c1-47(2)42-27-23-29-10-3-4-14-35(29)46(42)41-26-22-33(28-43(41)47)34-13-5-6-15-36(34)37-16-7-8-17-38(37)39-24-20-32-19-18-30-11-9-12-31-21-25-40(39)45(32)44(30)31/h3-28H,1-2H3. The summed E-state index contributed by atoms with van der Waals surface area (Å²) < 4.78 is 0. The van der Waals surface area contributed by atoms with Crippen LogP contribution >= 0.6 is 0 Å². The molecule has 0 aliphatic heterocycles. The summed E-state index contributed by atoms with van der Waals surface area (Å²) in [7, 11) is 0. The van der Waals surface area contributed by atoms with Crippen LogP contribution in [0.15, 0.2) is 158 Å². The monoisotopic (exact) mass is 596 g/mol. The zero-order valence-corrected chi connectivity index (χ0v) is 26.5. The van der Waals surface area contributed by atoms with Gasteiger partial charge in [0.15, 0.2) is 0 Å². The van der Waals surface area contributed by atoms with Gasteiger partial charge in [0.1, 0.15) is 0 Å². The first-order valence-corrected chi connectivity index (χ1v) is 16.6. The molecule has 0 bridgehead atoms. The molecule has 0 nitrogen and oxygen atoms in total. The fourth-order valence-electron chi connectivity index (χ4n) is 8.57. The summed E-state index contributed by atoms with van der Waals surface area (Å²) >= 11 is 0. The van der Waals surface area contributed by atoms with Gasteiger partial charge < -0.3 is 0 Å². The Morgan fingerprint density at radius 1 is 0.340 bits per heavy atom. The van der Waals surface area contributed by atoms with E-state index in [4.69, 9.17) is 0 Å². The van der Waals surface area contributed by atoms with E-state index in [-0.39, 0.29) is 5.41 Å². The van der Waals surface area contributed by atoms with Gasteiger partial charge in [0.05, 0.1) is 0 Å². The smallest absolute Gasteiger partial charge is 0.0159 e. The van der Waals surface area contributed by atoms with Crippen molar-refractivity contribution < 1.29 is 0 Å². The molecule has 0 N–H and O–H groups in total. The molecule has 0 saturated heterocycles. The first kappa shape index (κ1) is 26.5. The zero-order chi connectivity index (χ0) is 31.3. The van der Waals surface area contributed by atoms with E-state index in [1.807, 2.05) is 0 Å². The van der Waals surface area contributed by atoms with E-state index in [0.29, 0.717) is 0 Å². The van der Waals surface area contributed by atoms with Gasteiger partial charge in [0.25, 0.3) is 0 Å². The van der Waals surface area contributed by atoms with Gasteiger partial charge in [0.2, 0.25) is 0 Å². The van der Waals surface area contributed by atoms with Crippen LogP contribution in [0.3, 0.4) is 0 Å². The van der Waals surface area contributed by atoms with Crippen LogP contribution in [0.25, 0.3) is 87.6 Å². The van der Waals surface area contributed by atoms with E-state index in [9.17, 15) is 0 Å². The lowest BCUT2D eigenvalue weighted by Gasteiger charge is -2.23. The van der Waals surface area contributed by atoms with Crippen LogP contribution in [-0.4, -0.2) is 0 Å². The minimum Gasteiger partial charge on any atom is -0.0616 e. The van der Waals surface area contributed by atoms with Crippen molar-refractivity contribution in [2.75, 3.05) is 0 Å². The van der Waals surface area contributed by atoms with Crippen LogP contribution in [0.4, 0.5) is 0 Å². The highest BCUT2D eigenvalue weighted by Gasteiger charge is 2.36. The average Bonchev–Trinajstić information content (AvgIpc) is 3.36. The Hall–Kier alpha value is -5.72. The number of fused-ring (bicyclic) bond motifs is 5. The molecule has 220 valence electrons. The molecule has 0 heterocycles. The third-order valence-corrected chi connectivity index (χ3v) is 10.8. The normalized spacial score (nSPS) is 13.5. The van der Waals surface area contributed by atoms with E-state index < -0.39 is 0 Å². The number of hydrogen-bond acceptors (Lipinski definition) is 0. The van der Waals surface area contributed by atoms with Crippen molar-refractivity contribution in [2.24, 2.45) is 0 Å². The Labute approximate surface area is 274 Å². The van der Waals surface area contributed by atoms with Gasteiger partial charge in [-0.05, 0) is 105 Å². The van der Waals surface area contributed by atoms with E-state index in [1.54, 1.807) is 0 Å². The van der Waals surface area contributed by atoms with Crippen LogP contribution in [0.5, 0.6) is 0 Å². The van der Waals surface area contributed by atoms with Gasteiger partial charge in [-0.25, -0.2) is 0 Å². The molecule has 1 aliphatic rings. The molecule has 47 heavy (non-hydrogen) atoms. The van der Waals surface area contributed by atoms with E-state index in [0.717, 1.165) is 0 Å². The molecule has 0 heteroatoms. The van der Waals surface area contributed by atoms with Gasteiger partial charge in [-0.3, -0.25) is 0 Å². The molecule has 1 aliphatic carbocycles. The summed E-state index contributed by atoms with van der Waals surface area (Å²) in [6.45, 7) is 4.76. The molecule has 0 radical (unpaired) electrons. The zero-order valence-electron chi connectivity index (χ0n) is 26.5. The Kier molecular flexibility index (Phi) is 5.44. The Bertz CT molecular complexity index is 2690. The molecule has 0 spiro atoms. The maximum absolute atomic E-state index is 2.46. The summed E-state index contributed by atoms with van der Waals surface area (Å²) in [6, 6.07) is 58.9. The van der Waals surface area contributed by atoms with Crippen molar-refractivity contribution in [2.45, 2.75) is 19.3 Å². The molecule has 0 fully saturated rings. The van der Waals surface area contributed by atoms with Crippen LogP contribution in [-0.2, 0) is 5.41 Å². The number of rotatable bonds is 3. The minimum absolute atomic E-state index is 0.0840. The number of benzene rings is 9. The second-order valence-corrected chi connectivity index (χ2v) is 13.7. The first-order chi connectivity index (χ1) is 23.1. The predicted octanol–water partition coefficient (Wildman–Crippen LogP) is 13.0. The van der Waals surface area contributed by atoms with Gasteiger partial charge in [-0.1, -0.05) is 166 Å². The quantitative estimate of drug-likeness (QED) is 0.178. The maximum Gasteiger partial charge on any atom is 0.0159 e. The fourth-order valence-corrected chi connectivity index (χ4v) is 8.57. The van der Waals surface area contributed by atoms with E-state index in [1.165, 1.54) is 98.7 Å². The van der Waals surface area contributed by atoms with Crippen molar-refractivity contribution in [1.82, 2.24) is 0 Å². The van der Waals surface area contributed by atoms with Crippen molar-refractivity contribution >= 4 is 43.1 Å². The average molecular weight is 597 g/mol. The molecule has 9 aromatic carbocycles. The molecule has 0 atom stereocenters. The lowest BCUT2D eigenvalue weighted by molar-refractivity contribution is 0.661. The highest BCUT2D eigenvalue weighted by atomic mass is 14.4. The molecule has 10 rings (SSSR count). The Morgan fingerprint density at radius 2 is 0.894 bits per heavy atom. The van der Waals surface area contributed by atoms with Crippen molar-refractivity contribution in [1.29, 1.82) is 0 Å². The number of hydrogen-bond donors (Lipinski definition) is 0. The molecule has 0 unspecified atom stereocenters. The molecular formula is C47H32. The highest BCUT2D eigenvalue weighted by molar-refractivity contribution is 6.25. The molecule has 9 aromatic rings.